The van der Waals surface area contributed by atoms with Crippen molar-refractivity contribution in [2.45, 2.75) is 136 Å². The van der Waals surface area contributed by atoms with Gasteiger partial charge in [-0.3, -0.25) is 9.59 Å². The molecule has 0 aliphatic heterocycles. The fourth-order valence-electron chi connectivity index (χ4n) is 5.60. The van der Waals surface area contributed by atoms with Gasteiger partial charge in [0.15, 0.2) is 0 Å². The molecule has 2 N–H and O–H groups in total. The number of amides is 2. The third-order valence-electron chi connectivity index (χ3n) is 8.25. The molecule has 0 saturated carbocycles. The molecule has 240 valence electrons. The second kappa shape index (κ2) is 23.6. The van der Waals surface area contributed by atoms with E-state index >= 15 is 0 Å². The zero-order valence-corrected chi connectivity index (χ0v) is 27.7. The van der Waals surface area contributed by atoms with Crippen LogP contribution in [0, 0.1) is 0 Å². The Bertz CT molecular complexity index is 944. The minimum absolute atomic E-state index is 0.0447. The molecule has 2 rings (SSSR count). The molecule has 0 fully saturated rings. The maximum Gasteiger partial charge on any atom is 0.253 e. The summed E-state index contributed by atoms with van der Waals surface area (Å²) in [5.74, 6) is -0.0895. The number of carbonyl (C=O) groups excluding carboxylic acids is 2. The monoisotopic (exact) mass is 591 g/mol. The van der Waals surface area contributed by atoms with Crippen LogP contribution in [0.25, 0.3) is 0 Å². The molecule has 5 nitrogen and oxygen atoms in total. The number of nitrogens with one attached hydrogen (secondary N) is 2. The minimum atomic E-state index is -0.0447. The quantitative estimate of drug-likeness (QED) is 0.113. The second-order valence-corrected chi connectivity index (χ2v) is 12.0. The first-order valence-electron chi connectivity index (χ1n) is 17.7. The molecule has 0 aromatic heterocycles. The standard InChI is InChI=1S/C38H61N3O2/c1-4-7-10-12-14-16-18-24-30-39-37(42)33-26-20-22-28-35(33)41(32-9-6-3)36-29-23-21-27-34(36)38(43)40-31-25-19-17-15-13-11-8-5-2/h20-23,26-29H,4-19,24-25,30-32H2,1-3H3,(H,39,42)(H,40,43). The Morgan fingerprint density at radius 1 is 0.488 bits per heavy atom. The lowest BCUT2D eigenvalue weighted by Crippen LogP contribution is -2.30. The lowest BCUT2D eigenvalue weighted by Gasteiger charge is -2.29. The number of benzene rings is 2. The number of nitrogens with zero attached hydrogens (tertiary/aromatic N) is 1. The lowest BCUT2D eigenvalue weighted by molar-refractivity contribution is 0.0946. The van der Waals surface area contributed by atoms with Crippen LogP contribution in [0.3, 0.4) is 0 Å². The predicted molar refractivity (Wildman–Crippen MR) is 185 cm³/mol. The molecule has 0 unspecified atom stereocenters. The summed E-state index contributed by atoms with van der Waals surface area (Å²) in [4.78, 5) is 28.9. The summed E-state index contributed by atoms with van der Waals surface area (Å²) in [5.41, 5.74) is 3.03. The second-order valence-electron chi connectivity index (χ2n) is 12.0. The molecule has 2 amide bonds. The molecule has 0 atom stereocenters. The summed E-state index contributed by atoms with van der Waals surface area (Å²) in [6, 6.07) is 15.6. The third-order valence-corrected chi connectivity index (χ3v) is 8.25. The maximum absolute atomic E-state index is 13.4. The largest absolute Gasteiger partial charge is 0.352 e. The van der Waals surface area contributed by atoms with E-state index in [1.165, 1.54) is 77.0 Å². The number of anilines is 2. The van der Waals surface area contributed by atoms with Crippen molar-refractivity contribution in [3.8, 4) is 0 Å². The van der Waals surface area contributed by atoms with Crippen molar-refractivity contribution in [2.75, 3.05) is 24.5 Å². The lowest BCUT2D eigenvalue weighted by atomic mass is 10.1. The average molecular weight is 592 g/mol. The molecular formula is C38H61N3O2. The van der Waals surface area contributed by atoms with E-state index in [9.17, 15) is 9.59 Å². The van der Waals surface area contributed by atoms with Gasteiger partial charge < -0.3 is 15.5 Å². The molecule has 5 heteroatoms. The number of unbranched alkanes of at least 4 members (excludes halogenated alkanes) is 15. The van der Waals surface area contributed by atoms with Crippen molar-refractivity contribution in [1.29, 1.82) is 0 Å². The van der Waals surface area contributed by atoms with Gasteiger partial charge in [0.1, 0.15) is 0 Å². The highest BCUT2D eigenvalue weighted by atomic mass is 16.2. The van der Waals surface area contributed by atoms with E-state index < -0.39 is 0 Å². The number of rotatable bonds is 25. The van der Waals surface area contributed by atoms with Gasteiger partial charge in [-0.15, -0.1) is 0 Å². The average Bonchev–Trinajstić information content (AvgIpc) is 3.03. The van der Waals surface area contributed by atoms with Gasteiger partial charge in [0.05, 0.1) is 22.5 Å². The van der Waals surface area contributed by atoms with Crippen molar-refractivity contribution in [2.24, 2.45) is 0 Å². The van der Waals surface area contributed by atoms with Crippen LogP contribution in [0.2, 0.25) is 0 Å². The third kappa shape index (κ3) is 14.5. The van der Waals surface area contributed by atoms with Gasteiger partial charge in [-0.2, -0.15) is 0 Å². The Morgan fingerprint density at radius 2 is 0.837 bits per heavy atom. The van der Waals surface area contributed by atoms with E-state index in [0.29, 0.717) is 24.2 Å². The van der Waals surface area contributed by atoms with Gasteiger partial charge in [0.2, 0.25) is 0 Å². The minimum Gasteiger partial charge on any atom is -0.352 e. The summed E-state index contributed by atoms with van der Waals surface area (Å²) in [6.07, 6.45) is 21.9. The van der Waals surface area contributed by atoms with Crippen molar-refractivity contribution in [3.05, 3.63) is 59.7 Å². The molecule has 2 aromatic rings. The van der Waals surface area contributed by atoms with Gasteiger partial charge >= 0.3 is 0 Å². The molecular weight excluding hydrogens is 530 g/mol. The van der Waals surface area contributed by atoms with Crippen LogP contribution in [-0.2, 0) is 0 Å². The van der Waals surface area contributed by atoms with Crippen LogP contribution in [-0.4, -0.2) is 31.4 Å². The van der Waals surface area contributed by atoms with Crippen LogP contribution in [0.15, 0.2) is 48.5 Å². The van der Waals surface area contributed by atoms with Crippen LogP contribution < -0.4 is 15.5 Å². The summed E-state index contributed by atoms with van der Waals surface area (Å²) in [7, 11) is 0. The van der Waals surface area contributed by atoms with E-state index in [1.54, 1.807) is 0 Å². The Labute approximate surface area is 263 Å². The molecule has 0 spiro atoms. The first-order chi connectivity index (χ1) is 21.1. The Kier molecular flexibility index (Phi) is 20.0. The van der Waals surface area contributed by atoms with Crippen LogP contribution in [0.5, 0.6) is 0 Å². The SMILES string of the molecule is CCCCCCCCCCNC(=O)c1ccccc1N(CCCC)c1ccccc1C(=O)NCCCCCCCCCC. The Hall–Kier alpha value is -2.82. The normalized spacial score (nSPS) is 11.0. The van der Waals surface area contributed by atoms with E-state index in [1.807, 2.05) is 48.5 Å². The van der Waals surface area contributed by atoms with Gasteiger partial charge in [-0.05, 0) is 43.5 Å². The molecule has 43 heavy (non-hydrogen) atoms. The van der Waals surface area contributed by atoms with Crippen LogP contribution in [0.4, 0.5) is 11.4 Å². The molecule has 0 radical (unpaired) electrons. The van der Waals surface area contributed by atoms with E-state index in [0.717, 1.165) is 56.4 Å². The summed E-state index contributed by atoms with van der Waals surface area (Å²) < 4.78 is 0. The van der Waals surface area contributed by atoms with Crippen LogP contribution >= 0.6 is 0 Å². The smallest absolute Gasteiger partial charge is 0.253 e. The molecule has 0 aliphatic carbocycles. The fraction of sp³-hybridized carbons (Fsp3) is 0.632. The number of para-hydroxylation sites is 2. The summed E-state index contributed by atoms with van der Waals surface area (Å²) in [6.45, 7) is 8.78. The molecule has 0 aliphatic rings. The van der Waals surface area contributed by atoms with Gasteiger partial charge in [0, 0.05) is 19.6 Å². The van der Waals surface area contributed by atoms with E-state index in [4.69, 9.17) is 0 Å². The molecule has 0 saturated heterocycles. The van der Waals surface area contributed by atoms with Gasteiger partial charge in [-0.25, -0.2) is 0 Å². The Morgan fingerprint density at radius 3 is 1.23 bits per heavy atom. The summed E-state index contributed by atoms with van der Waals surface area (Å²) >= 11 is 0. The number of carbonyl (C=O) groups is 2. The highest BCUT2D eigenvalue weighted by molar-refractivity contribution is 6.04. The number of hydrogen-bond acceptors (Lipinski definition) is 3. The topological polar surface area (TPSA) is 61.4 Å². The highest BCUT2D eigenvalue weighted by Gasteiger charge is 2.21. The van der Waals surface area contributed by atoms with E-state index in [2.05, 4.69) is 36.3 Å². The first kappa shape index (κ1) is 36.4. The van der Waals surface area contributed by atoms with Crippen molar-refractivity contribution in [3.63, 3.8) is 0 Å². The van der Waals surface area contributed by atoms with Crippen molar-refractivity contribution < 1.29 is 9.59 Å². The zero-order chi connectivity index (χ0) is 31.0. The zero-order valence-electron chi connectivity index (χ0n) is 27.7. The molecule has 0 bridgehead atoms. The van der Waals surface area contributed by atoms with E-state index in [-0.39, 0.29) is 11.8 Å². The van der Waals surface area contributed by atoms with Crippen molar-refractivity contribution in [1.82, 2.24) is 10.6 Å². The summed E-state index contributed by atoms with van der Waals surface area (Å²) in [5, 5.41) is 6.33. The highest BCUT2D eigenvalue weighted by Crippen LogP contribution is 2.32. The first-order valence-corrected chi connectivity index (χ1v) is 17.7. The number of hydrogen-bond donors (Lipinski definition) is 2. The molecule has 2 aromatic carbocycles. The van der Waals surface area contributed by atoms with Crippen LogP contribution in [0.1, 0.15) is 157 Å². The maximum atomic E-state index is 13.4. The van der Waals surface area contributed by atoms with Gasteiger partial charge in [-0.1, -0.05) is 141 Å². The van der Waals surface area contributed by atoms with Gasteiger partial charge in [0.25, 0.3) is 11.8 Å². The predicted octanol–water partition coefficient (Wildman–Crippen LogP) is 10.4. The Balaban J connectivity index is 2.01. The van der Waals surface area contributed by atoms with Crippen molar-refractivity contribution >= 4 is 23.2 Å². The molecule has 0 heterocycles. The fourth-order valence-corrected chi connectivity index (χ4v) is 5.60.